The van der Waals surface area contributed by atoms with Crippen LogP contribution < -0.4 is 5.32 Å². The van der Waals surface area contributed by atoms with E-state index in [-0.39, 0.29) is 6.17 Å². The minimum Gasteiger partial charge on any atom is -0.344 e. The van der Waals surface area contributed by atoms with Gasteiger partial charge in [-0.25, -0.2) is 9.98 Å². The lowest BCUT2D eigenvalue weighted by Gasteiger charge is -2.26. The minimum absolute atomic E-state index is 0.347. The van der Waals surface area contributed by atoms with Crippen molar-refractivity contribution in [3.63, 3.8) is 0 Å². The van der Waals surface area contributed by atoms with Crippen molar-refractivity contribution in [2.45, 2.75) is 6.17 Å². The molecule has 0 radical (unpaired) electrons. The van der Waals surface area contributed by atoms with Crippen molar-refractivity contribution < 1.29 is 0 Å². The Hall–Kier alpha value is -6.52. The zero-order chi connectivity index (χ0) is 32.3. The van der Waals surface area contributed by atoms with Crippen LogP contribution in [0.1, 0.15) is 22.9 Å². The molecule has 10 rings (SSSR count). The van der Waals surface area contributed by atoms with Gasteiger partial charge in [0.15, 0.2) is 5.84 Å². The highest BCUT2D eigenvalue weighted by Gasteiger charge is 2.25. The predicted octanol–water partition coefficient (Wildman–Crippen LogP) is 10.7. The molecular weight excluding hydrogens is 597 g/mol. The van der Waals surface area contributed by atoms with Crippen LogP contribution in [0, 0.1) is 0 Å². The number of fused-ring (bicyclic) bond motifs is 7. The Balaban J connectivity index is 1.21. The van der Waals surface area contributed by atoms with E-state index < -0.39 is 0 Å². The second kappa shape index (κ2) is 11.0. The molecule has 0 saturated carbocycles. The van der Waals surface area contributed by atoms with Crippen LogP contribution in [0.4, 0.5) is 0 Å². The zero-order valence-corrected chi connectivity index (χ0v) is 26.6. The predicted molar refractivity (Wildman–Crippen MR) is 205 cm³/mol. The third kappa shape index (κ3) is 4.45. The van der Waals surface area contributed by atoms with E-state index in [0.29, 0.717) is 5.84 Å². The van der Waals surface area contributed by atoms with Gasteiger partial charge in [0.25, 0.3) is 0 Å². The van der Waals surface area contributed by atoms with Crippen molar-refractivity contribution in [2.75, 3.05) is 0 Å². The van der Waals surface area contributed by atoms with Gasteiger partial charge in [-0.1, -0.05) is 140 Å². The molecule has 9 aromatic rings. The van der Waals surface area contributed by atoms with Crippen molar-refractivity contribution in [1.82, 2.24) is 9.88 Å². The van der Waals surface area contributed by atoms with Crippen molar-refractivity contribution in [1.29, 1.82) is 0 Å². The van der Waals surface area contributed by atoms with Crippen LogP contribution in [-0.4, -0.2) is 16.2 Å². The van der Waals surface area contributed by atoms with Gasteiger partial charge in [-0.15, -0.1) is 0 Å². The summed E-state index contributed by atoms with van der Waals surface area (Å²) in [5, 5.41) is 13.5. The molecule has 1 unspecified atom stereocenters. The van der Waals surface area contributed by atoms with Gasteiger partial charge in [-0.2, -0.15) is 0 Å². The fourth-order valence-corrected chi connectivity index (χ4v) is 7.58. The van der Waals surface area contributed by atoms with Crippen molar-refractivity contribution in [3.05, 3.63) is 187 Å². The smallest absolute Gasteiger partial charge is 0.159 e. The van der Waals surface area contributed by atoms with E-state index in [0.717, 1.165) is 33.6 Å². The van der Waals surface area contributed by atoms with E-state index in [1.165, 1.54) is 48.7 Å². The number of aromatic nitrogens is 1. The van der Waals surface area contributed by atoms with E-state index in [2.05, 4.69) is 162 Å². The molecule has 0 bridgehead atoms. The second-order valence-corrected chi connectivity index (χ2v) is 12.6. The number of para-hydroxylation sites is 2. The molecule has 49 heavy (non-hydrogen) atoms. The van der Waals surface area contributed by atoms with Gasteiger partial charge in [-0.05, 0) is 57.3 Å². The number of nitrogens with zero attached hydrogens (tertiary/aromatic N) is 3. The lowest BCUT2D eigenvalue weighted by Crippen LogP contribution is -2.33. The van der Waals surface area contributed by atoms with Crippen LogP contribution in [-0.2, 0) is 0 Å². The van der Waals surface area contributed by atoms with Gasteiger partial charge in [0.1, 0.15) is 12.0 Å². The molecule has 8 aromatic carbocycles. The van der Waals surface area contributed by atoms with Crippen molar-refractivity contribution in [2.24, 2.45) is 9.98 Å². The molecule has 0 saturated heterocycles. The Morgan fingerprint density at radius 3 is 1.71 bits per heavy atom. The van der Waals surface area contributed by atoms with Gasteiger partial charge in [0.05, 0.1) is 16.7 Å². The first-order chi connectivity index (χ1) is 24.3. The molecule has 1 aliphatic rings. The minimum atomic E-state index is -0.347. The molecule has 0 spiro atoms. The quantitative estimate of drug-likeness (QED) is 0.194. The van der Waals surface area contributed by atoms with Crippen LogP contribution >= 0.6 is 0 Å². The normalized spacial score (nSPS) is 14.7. The molecule has 1 N–H and O–H groups in total. The summed E-state index contributed by atoms with van der Waals surface area (Å²) in [6.07, 6.45) is -0.347. The summed E-state index contributed by atoms with van der Waals surface area (Å²) in [4.78, 5) is 10.5. The average molecular weight is 627 g/mol. The highest BCUT2D eigenvalue weighted by Crippen LogP contribution is 2.37. The van der Waals surface area contributed by atoms with Gasteiger partial charge < -0.3 is 9.88 Å². The number of hydrogen-bond acceptors (Lipinski definition) is 3. The molecule has 0 amide bonds. The standard InChI is InChI=1S/C45H30N4/c1-2-14-29(15-3-1)43-46-44(48-45(47-43)39-27-31-17-4-6-18-33(31)35-20-8-9-21-36(35)39)32-26-30-16-5-7-19-34(30)42(28-32)49-40-24-12-10-22-37(40)38-23-11-13-25-41(38)49/h1-28,45H,(H,46,47,48). The number of benzene rings is 8. The average Bonchev–Trinajstić information content (AvgIpc) is 3.51. The molecule has 4 nitrogen and oxygen atoms in total. The summed E-state index contributed by atoms with van der Waals surface area (Å²) in [5.41, 5.74) is 6.59. The summed E-state index contributed by atoms with van der Waals surface area (Å²) < 4.78 is 2.40. The summed E-state index contributed by atoms with van der Waals surface area (Å²) in [7, 11) is 0. The van der Waals surface area contributed by atoms with Crippen LogP contribution in [0.2, 0.25) is 0 Å². The van der Waals surface area contributed by atoms with Gasteiger partial charge >= 0.3 is 0 Å². The van der Waals surface area contributed by atoms with Crippen molar-refractivity contribution in [3.8, 4) is 5.69 Å². The lowest BCUT2D eigenvalue weighted by molar-refractivity contribution is 0.680. The fourth-order valence-electron chi connectivity index (χ4n) is 7.58. The van der Waals surface area contributed by atoms with Crippen LogP contribution in [0.15, 0.2) is 180 Å². The topological polar surface area (TPSA) is 41.7 Å². The zero-order valence-electron chi connectivity index (χ0n) is 26.6. The summed E-state index contributed by atoms with van der Waals surface area (Å²) in [5.74, 6) is 1.51. The van der Waals surface area contributed by atoms with Crippen LogP contribution in [0.5, 0.6) is 0 Å². The Morgan fingerprint density at radius 2 is 1.00 bits per heavy atom. The van der Waals surface area contributed by atoms with Crippen LogP contribution in [0.3, 0.4) is 0 Å². The Morgan fingerprint density at radius 1 is 0.449 bits per heavy atom. The van der Waals surface area contributed by atoms with Crippen LogP contribution in [0.25, 0.3) is 59.8 Å². The molecule has 1 aliphatic heterocycles. The first-order valence-electron chi connectivity index (χ1n) is 16.7. The third-order valence-corrected chi connectivity index (χ3v) is 9.80. The first-order valence-corrected chi connectivity index (χ1v) is 16.7. The monoisotopic (exact) mass is 626 g/mol. The van der Waals surface area contributed by atoms with Crippen molar-refractivity contribution >= 4 is 65.8 Å². The first kappa shape index (κ1) is 27.6. The number of nitrogens with one attached hydrogen (secondary N) is 1. The maximum atomic E-state index is 5.28. The van der Waals surface area contributed by atoms with Gasteiger partial charge in [-0.3, -0.25) is 0 Å². The second-order valence-electron chi connectivity index (χ2n) is 12.6. The van der Waals surface area contributed by atoms with E-state index in [9.17, 15) is 0 Å². The molecule has 230 valence electrons. The Kier molecular flexibility index (Phi) is 6.21. The largest absolute Gasteiger partial charge is 0.344 e. The molecule has 4 heteroatoms. The maximum Gasteiger partial charge on any atom is 0.159 e. The number of hydrogen-bond donors (Lipinski definition) is 1. The number of aliphatic imine (C=N–C) groups is 2. The Labute approximate surface area is 283 Å². The number of rotatable bonds is 4. The molecule has 2 heterocycles. The molecule has 1 aromatic heterocycles. The lowest BCUT2D eigenvalue weighted by atomic mass is 9.95. The Bertz CT molecular complexity index is 2750. The maximum absolute atomic E-state index is 5.28. The molecule has 0 fully saturated rings. The van der Waals surface area contributed by atoms with Gasteiger partial charge in [0.2, 0.25) is 0 Å². The highest BCUT2D eigenvalue weighted by atomic mass is 15.2. The van der Waals surface area contributed by atoms with Gasteiger partial charge in [0, 0.05) is 32.8 Å². The molecule has 1 atom stereocenters. The fraction of sp³-hybridized carbons (Fsp3) is 0.0222. The summed E-state index contributed by atoms with van der Waals surface area (Å²) in [6, 6.07) is 60.4. The molecular formula is C45H30N4. The van der Waals surface area contributed by atoms with E-state index >= 15 is 0 Å². The summed E-state index contributed by atoms with van der Waals surface area (Å²) >= 11 is 0. The van der Waals surface area contributed by atoms with E-state index in [4.69, 9.17) is 9.98 Å². The molecule has 0 aliphatic carbocycles. The van der Waals surface area contributed by atoms with E-state index in [1.807, 2.05) is 18.2 Å². The SMILES string of the molecule is c1ccc(C2=NC(c3cc4ccccc4c4ccccc34)NC(c3cc(-n4c5ccccc5c5ccccc54)c4ccccc4c3)=N2)cc1. The number of amidine groups is 2. The van der Waals surface area contributed by atoms with E-state index in [1.54, 1.807) is 0 Å². The summed E-state index contributed by atoms with van der Waals surface area (Å²) in [6.45, 7) is 0. The highest BCUT2D eigenvalue weighted by molar-refractivity contribution is 6.16. The third-order valence-electron chi connectivity index (χ3n) is 9.80.